The largest absolute Gasteiger partial charge is 0.478 e. The fourth-order valence-electron chi connectivity index (χ4n) is 3.58. The number of benzene rings is 1. The highest BCUT2D eigenvalue weighted by Gasteiger charge is 2.35. The molecular formula is C19H21F3N2O2S. The molecule has 2 aromatic rings. The number of carboxylic acid groups (broad SMARTS) is 1. The van der Waals surface area contributed by atoms with Crippen LogP contribution in [0.1, 0.15) is 52.2 Å². The number of carboxylic acids is 1. The Morgan fingerprint density at radius 3 is 2.67 bits per heavy atom. The Kier molecular flexibility index (Phi) is 5.09. The van der Waals surface area contributed by atoms with E-state index in [0.29, 0.717) is 22.4 Å². The minimum Gasteiger partial charge on any atom is -0.478 e. The summed E-state index contributed by atoms with van der Waals surface area (Å²) in [6.07, 6.45) is -2.11. The number of fused-ring (bicyclic) bond motifs is 1. The van der Waals surface area contributed by atoms with E-state index in [4.69, 9.17) is 5.84 Å². The number of halogens is 3. The van der Waals surface area contributed by atoms with E-state index >= 15 is 0 Å². The second-order valence-corrected chi connectivity index (χ2v) is 8.71. The van der Waals surface area contributed by atoms with Crippen LogP contribution in [0.4, 0.5) is 13.2 Å². The summed E-state index contributed by atoms with van der Waals surface area (Å²) in [5, 5.41) is 9.83. The first-order valence-electron chi connectivity index (χ1n) is 8.55. The van der Waals surface area contributed by atoms with Crippen molar-refractivity contribution in [1.82, 2.24) is 5.43 Å². The molecule has 0 amide bonds. The quantitative estimate of drug-likeness (QED) is 0.519. The third-order valence-corrected chi connectivity index (χ3v) is 6.28. The normalized spacial score (nSPS) is 16.2. The fraction of sp³-hybridized carbons (Fsp3) is 0.421. The number of thiophene rings is 1. The second-order valence-electron chi connectivity index (χ2n) is 7.60. The number of aromatic carboxylic acids is 1. The van der Waals surface area contributed by atoms with Gasteiger partial charge in [-0.25, -0.2) is 4.79 Å². The Morgan fingerprint density at radius 1 is 1.37 bits per heavy atom. The van der Waals surface area contributed by atoms with Crippen molar-refractivity contribution in [2.24, 2.45) is 11.3 Å². The lowest BCUT2D eigenvalue weighted by Gasteiger charge is -2.29. The molecule has 0 atom stereocenters. The highest BCUT2D eigenvalue weighted by Crippen LogP contribution is 2.46. The summed E-state index contributed by atoms with van der Waals surface area (Å²) in [4.78, 5) is 13.5. The van der Waals surface area contributed by atoms with Crippen molar-refractivity contribution < 1.29 is 23.1 Å². The van der Waals surface area contributed by atoms with Crippen molar-refractivity contribution in [2.45, 2.75) is 45.8 Å². The van der Waals surface area contributed by atoms with Crippen LogP contribution in [0.2, 0.25) is 0 Å². The molecule has 1 aliphatic rings. The van der Waals surface area contributed by atoms with Gasteiger partial charge in [0.1, 0.15) is 0 Å². The van der Waals surface area contributed by atoms with Crippen molar-refractivity contribution in [3.8, 4) is 10.4 Å². The van der Waals surface area contributed by atoms with Gasteiger partial charge in [0, 0.05) is 16.3 Å². The van der Waals surface area contributed by atoms with Gasteiger partial charge in [0.2, 0.25) is 0 Å². The summed E-state index contributed by atoms with van der Waals surface area (Å²) >= 11 is 1.37. The molecule has 1 aromatic carbocycles. The van der Waals surface area contributed by atoms with E-state index in [1.807, 2.05) is 0 Å². The SMILES string of the molecule is CC1(C)CCc2sc(-c3ccc(C(F)(F)F)cc3CNN)c(C(=O)O)c2C1. The highest BCUT2D eigenvalue weighted by molar-refractivity contribution is 7.16. The lowest BCUT2D eigenvalue weighted by molar-refractivity contribution is -0.137. The zero-order valence-corrected chi connectivity index (χ0v) is 15.9. The summed E-state index contributed by atoms with van der Waals surface area (Å²) in [6.45, 7) is 4.20. The number of nitrogens with one attached hydrogen (secondary N) is 1. The number of hydrazine groups is 1. The van der Waals surface area contributed by atoms with Crippen LogP contribution in [0.15, 0.2) is 18.2 Å². The number of rotatable bonds is 4. The maximum atomic E-state index is 13.1. The van der Waals surface area contributed by atoms with E-state index in [1.54, 1.807) is 0 Å². The van der Waals surface area contributed by atoms with E-state index in [9.17, 15) is 23.1 Å². The maximum Gasteiger partial charge on any atom is 0.416 e. The minimum atomic E-state index is -4.48. The van der Waals surface area contributed by atoms with Crippen molar-refractivity contribution in [3.05, 3.63) is 45.3 Å². The van der Waals surface area contributed by atoms with Gasteiger partial charge >= 0.3 is 12.1 Å². The van der Waals surface area contributed by atoms with Crippen LogP contribution in [0.3, 0.4) is 0 Å². The van der Waals surface area contributed by atoms with E-state index in [1.165, 1.54) is 17.4 Å². The molecule has 1 aromatic heterocycles. The number of hydrogen-bond donors (Lipinski definition) is 3. The van der Waals surface area contributed by atoms with Crippen molar-refractivity contribution in [2.75, 3.05) is 0 Å². The zero-order chi connectivity index (χ0) is 20.0. The zero-order valence-electron chi connectivity index (χ0n) is 15.0. The summed E-state index contributed by atoms with van der Waals surface area (Å²) in [5.74, 6) is 4.30. The fourth-order valence-corrected chi connectivity index (χ4v) is 4.95. The van der Waals surface area contributed by atoms with Gasteiger partial charge in [-0.15, -0.1) is 11.3 Å². The third-order valence-electron chi connectivity index (χ3n) is 4.96. The van der Waals surface area contributed by atoms with Gasteiger partial charge in [0.25, 0.3) is 0 Å². The molecule has 27 heavy (non-hydrogen) atoms. The van der Waals surface area contributed by atoms with Gasteiger partial charge in [0.15, 0.2) is 0 Å². The van der Waals surface area contributed by atoms with E-state index in [2.05, 4.69) is 19.3 Å². The molecule has 146 valence electrons. The maximum absolute atomic E-state index is 13.1. The van der Waals surface area contributed by atoms with E-state index < -0.39 is 17.7 Å². The van der Waals surface area contributed by atoms with Crippen LogP contribution < -0.4 is 11.3 Å². The van der Waals surface area contributed by atoms with Crippen LogP contribution in [0, 0.1) is 5.41 Å². The van der Waals surface area contributed by atoms with Gasteiger partial charge in [-0.3, -0.25) is 11.3 Å². The Bertz CT molecular complexity index is 888. The van der Waals surface area contributed by atoms with Gasteiger partial charge < -0.3 is 5.11 Å². The molecule has 4 N–H and O–H groups in total. The Labute approximate surface area is 159 Å². The van der Waals surface area contributed by atoms with Gasteiger partial charge in [-0.1, -0.05) is 19.9 Å². The Balaban J connectivity index is 2.19. The molecule has 0 radical (unpaired) electrons. The third kappa shape index (κ3) is 3.88. The molecule has 4 nitrogen and oxygen atoms in total. The summed E-state index contributed by atoms with van der Waals surface area (Å²) in [7, 11) is 0. The molecule has 0 unspecified atom stereocenters. The molecule has 3 rings (SSSR count). The number of alkyl halides is 3. The van der Waals surface area contributed by atoms with Crippen molar-refractivity contribution >= 4 is 17.3 Å². The molecule has 1 aliphatic carbocycles. The van der Waals surface area contributed by atoms with E-state index in [-0.39, 0.29) is 17.5 Å². The predicted octanol–water partition coefficient (Wildman–Crippen LogP) is 4.61. The van der Waals surface area contributed by atoms with Crippen LogP contribution in [-0.4, -0.2) is 11.1 Å². The highest BCUT2D eigenvalue weighted by atomic mass is 32.1. The van der Waals surface area contributed by atoms with Gasteiger partial charge in [-0.05, 0) is 53.5 Å². The Morgan fingerprint density at radius 2 is 2.07 bits per heavy atom. The smallest absolute Gasteiger partial charge is 0.416 e. The van der Waals surface area contributed by atoms with Crippen molar-refractivity contribution in [1.29, 1.82) is 0 Å². The molecule has 0 saturated heterocycles. The van der Waals surface area contributed by atoms with Crippen LogP contribution in [0.25, 0.3) is 10.4 Å². The van der Waals surface area contributed by atoms with Gasteiger partial charge in [0.05, 0.1) is 11.1 Å². The van der Waals surface area contributed by atoms with Crippen LogP contribution >= 0.6 is 11.3 Å². The van der Waals surface area contributed by atoms with Crippen molar-refractivity contribution in [3.63, 3.8) is 0 Å². The lowest BCUT2D eigenvalue weighted by Crippen LogP contribution is -2.22. The number of carbonyl (C=O) groups is 1. The first-order valence-corrected chi connectivity index (χ1v) is 9.37. The molecule has 0 fully saturated rings. The minimum absolute atomic E-state index is 0.00265. The van der Waals surface area contributed by atoms with Gasteiger partial charge in [-0.2, -0.15) is 13.2 Å². The lowest BCUT2D eigenvalue weighted by atomic mass is 9.76. The first kappa shape index (κ1) is 19.9. The standard InChI is InChI=1S/C19H21F3N2O2S/c1-18(2)6-5-14-13(8-18)15(17(25)26)16(27-14)12-4-3-11(19(20,21)22)7-10(12)9-24-23/h3-4,7,24H,5-6,8-9,23H2,1-2H3,(H,25,26). The summed E-state index contributed by atoms with van der Waals surface area (Å²) in [6, 6.07) is 3.37. The first-order chi connectivity index (χ1) is 12.5. The van der Waals surface area contributed by atoms with Crippen LogP contribution in [-0.2, 0) is 25.6 Å². The molecule has 1 heterocycles. The summed E-state index contributed by atoms with van der Waals surface area (Å²) < 4.78 is 39.2. The number of nitrogens with two attached hydrogens (primary N) is 1. The number of aryl methyl sites for hydroxylation is 1. The Hall–Kier alpha value is -1.90. The number of hydrogen-bond acceptors (Lipinski definition) is 4. The predicted molar refractivity (Wildman–Crippen MR) is 98.5 cm³/mol. The second kappa shape index (κ2) is 6.92. The molecule has 0 spiro atoms. The molecule has 0 saturated carbocycles. The topological polar surface area (TPSA) is 75.3 Å². The average molecular weight is 398 g/mol. The molecule has 8 heteroatoms. The molecule has 0 bridgehead atoms. The van der Waals surface area contributed by atoms with E-state index in [0.717, 1.165) is 35.4 Å². The average Bonchev–Trinajstić information content (AvgIpc) is 2.91. The monoisotopic (exact) mass is 398 g/mol. The molecule has 0 aliphatic heterocycles. The summed E-state index contributed by atoms with van der Waals surface area (Å²) in [5.41, 5.74) is 3.43. The van der Waals surface area contributed by atoms with Crippen LogP contribution in [0.5, 0.6) is 0 Å². The molecular weight excluding hydrogens is 377 g/mol.